The van der Waals surface area contributed by atoms with E-state index < -0.39 is 0 Å². The smallest absolute Gasteiger partial charge is 0.0544 e. The van der Waals surface area contributed by atoms with Gasteiger partial charge in [-0.2, -0.15) is 0 Å². The van der Waals surface area contributed by atoms with Crippen LogP contribution in [0.5, 0.6) is 0 Å². The molecule has 2 rings (SSSR count). The average Bonchev–Trinajstić information content (AvgIpc) is 2.51. The van der Waals surface area contributed by atoms with Crippen molar-refractivity contribution in [3.63, 3.8) is 0 Å². The van der Waals surface area contributed by atoms with Crippen molar-refractivity contribution in [2.75, 3.05) is 26.7 Å². The molecule has 1 fully saturated rings. The second-order valence-electron chi connectivity index (χ2n) is 6.13. The van der Waals surface area contributed by atoms with Crippen molar-refractivity contribution in [1.29, 1.82) is 0 Å². The van der Waals surface area contributed by atoms with Crippen LogP contribution in [0.3, 0.4) is 0 Å². The molecule has 2 heterocycles. The molecule has 2 N–H and O–H groups in total. The van der Waals surface area contributed by atoms with Gasteiger partial charge < -0.3 is 10.6 Å². The molecule has 4 heteroatoms. The molecule has 0 amide bonds. The molecule has 106 valence electrons. The lowest BCUT2D eigenvalue weighted by Crippen LogP contribution is -2.48. The first-order valence-corrected chi connectivity index (χ1v) is 7.08. The van der Waals surface area contributed by atoms with Crippen LogP contribution in [0.4, 0.5) is 0 Å². The van der Waals surface area contributed by atoms with Crippen LogP contribution < -0.4 is 5.73 Å². The lowest BCUT2D eigenvalue weighted by Gasteiger charge is -2.37. The molecule has 19 heavy (non-hydrogen) atoms. The van der Waals surface area contributed by atoms with Gasteiger partial charge >= 0.3 is 0 Å². The van der Waals surface area contributed by atoms with Crippen molar-refractivity contribution in [3.05, 3.63) is 30.1 Å². The summed E-state index contributed by atoms with van der Waals surface area (Å²) in [5, 5.41) is 0. The maximum atomic E-state index is 5.92. The highest BCUT2D eigenvalue weighted by molar-refractivity contribution is 5.05. The van der Waals surface area contributed by atoms with E-state index in [0.717, 1.165) is 31.7 Å². The van der Waals surface area contributed by atoms with E-state index in [2.05, 4.69) is 47.8 Å². The van der Waals surface area contributed by atoms with Gasteiger partial charge in [-0.05, 0) is 46.0 Å². The van der Waals surface area contributed by atoms with Crippen molar-refractivity contribution < 1.29 is 0 Å². The summed E-state index contributed by atoms with van der Waals surface area (Å²) in [5.41, 5.74) is 7.25. The zero-order valence-corrected chi connectivity index (χ0v) is 12.3. The fourth-order valence-corrected chi connectivity index (χ4v) is 2.65. The van der Waals surface area contributed by atoms with Gasteiger partial charge in [0.15, 0.2) is 0 Å². The highest BCUT2D eigenvalue weighted by atomic mass is 15.3. The summed E-state index contributed by atoms with van der Waals surface area (Å²) in [4.78, 5) is 9.37. The van der Waals surface area contributed by atoms with Gasteiger partial charge in [-0.25, -0.2) is 0 Å². The zero-order chi connectivity index (χ0) is 13.9. The van der Waals surface area contributed by atoms with E-state index in [1.165, 1.54) is 0 Å². The second kappa shape index (κ2) is 5.99. The van der Waals surface area contributed by atoms with Gasteiger partial charge in [-0.1, -0.05) is 6.07 Å². The third-order valence-electron chi connectivity index (χ3n) is 4.34. The molecule has 0 spiro atoms. The van der Waals surface area contributed by atoms with Crippen LogP contribution in [-0.2, 0) is 6.54 Å². The Kier molecular flexibility index (Phi) is 4.55. The first-order chi connectivity index (χ1) is 9.03. The maximum Gasteiger partial charge on any atom is 0.0544 e. The van der Waals surface area contributed by atoms with Crippen molar-refractivity contribution in [2.45, 2.75) is 38.4 Å². The highest BCUT2D eigenvalue weighted by Crippen LogP contribution is 2.25. The summed E-state index contributed by atoms with van der Waals surface area (Å²) in [6, 6.07) is 6.56. The summed E-state index contributed by atoms with van der Waals surface area (Å²) in [7, 11) is 2.18. The molecule has 1 atom stereocenters. The highest BCUT2D eigenvalue weighted by Gasteiger charge is 2.33. The Balaban J connectivity index is 2.15. The lowest BCUT2D eigenvalue weighted by atomic mass is 9.98. The zero-order valence-electron chi connectivity index (χ0n) is 12.3. The van der Waals surface area contributed by atoms with Crippen LogP contribution in [0, 0.1) is 0 Å². The van der Waals surface area contributed by atoms with Gasteiger partial charge in [0.05, 0.1) is 5.69 Å². The Bertz CT molecular complexity index is 390. The number of hydrogen-bond acceptors (Lipinski definition) is 4. The summed E-state index contributed by atoms with van der Waals surface area (Å²) in [6.45, 7) is 8.37. The van der Waals surface area contributed by atoms with E-state index in [1.807, 2.05) is 12.3 Å². The molecule has 0 bridgehead atoms. The van der Waals surface area contributed by atoms with Crippen LogP contribution in [-0.4, -0.2) is 53.0 Å². The van der Waals surface area contributed by atoms with Gasteiger partial charge in [0, 0.05) is 37.4 Å². The average molecular weight is 262 g/mol. The fraction of sp³-hybridized carbons (Fsp3) is 0.667. The van der Waals surface area contributed by atoms with Crippen molar-refractivity contribution in [3.8, 4) is 0 Å². The number of aromatic nitrogens is 1. The summed E-state index contributed by atoms with van der Waals surface area (Å²) in [6.07, 6.45) is 3.03. The third-order valence-corrected chi connectivity index (χ3v) is 4.34. The molecular weight excluding hydrogens is 236 g/mol. The standard InChI is InChI=1S/C15H26N4/c1-15(2)7-9-18(3)14(10-16)12-19(15)11-13-6-4-5-8-17-13/h4-6,8,14H,7,9-12,16H2,1-3H3. The topological polar surface area (TPSA) is 45.4 Å². The predicted octanol–water partition coefficient (Wildman–Crippen LogP) is 1.33. The number of nitrogens with two attached hydrogens (primary N) is 1. The van der Waals surface area contributed by atoms with E-state index in [4.69, 9.17) is 5.73 Å². The summed E-state index contributed by atoms with van der Waals surface area (Å²) in [5.74, 6) is 0. The molecule has 1 aliphatic rings. The fourth-order valence-electron chi connectivity index (χ4n) is 2.65. The minimum atomic E-state index is 0.190. The van der Waals surface area contributed by atoms with Crippen molar-refractivity contribution in [2.24, 2.45) is 5.73 Å². The van der Waals surface area contributed by atoms with E-state index in [9.17, 15) is 0 Å². The number of likely N-dealkylation sites (N-methyl/N-ethyl adjacent to an activating group) is 1. The Hall–Kier alpha value is -0.970. The number of pyridine rings is 1. The molecule has 0 saturated carbocycles. The molecule has 1 aromatic heterocycles. The molecular formula is C15H26N4. The SMILES string of the molecule is CN1CCC(C)(C)N(Cc2ccccn2)CC1CN. The number of nitrogens with zero attached hydrogens (tertiary/aromatic N) is 3. The van der Waals surface area contributed by atoms with Crippen LogP contribution in [0.2, 0.25) is 0 Å². The molecule has 0 aromatic carbocycles. The normalized spacial score (nSPS) is 25.2. The van der Waals surface area contributed by atoms with E-state index in [1.54, 1.807) is 0 Å². The van der Waals surface area contributed by atoms with Crippen LogP contribution in [0.25, 0.3) is 0 Å². The van der Waals surface area contributed by atoms with Gasteiger partial charge in [0.25, 0.3) is 0 Å². The molecule has 1 aliphatic heterocycles. The van der Waals surface area contributed by atoms with Crippen LogP contribution in [0.15, 0.2) is 24.4 Å². The summed E-state index contributed by atoms with van der Waals surface area (Å²) < 4.78 is 0. The van der Waals surface area contributed by atoms with Crippen molar-refractivity contribution in [1.82, 2.24) is 14.8 Å². The largest absolute Gasteiger partial charge is 0.329 e. The Morgan fingerprint density at radius 2 is 2.21 bits per heavy atom. The third kappa shape index (κ3) is 3.53. The lowest BCUT2D eigenvalue weighted by molar-refractivity contribution is 0.106. The molecule has 0 radical (unpaired) electrons. The molecule has 1 aromatic rings. The van der Waals surface area contributed by atoms with Crippen LogP contribution in [0.1, 0.15) is 26.0 Å². The first-order valence-electron chi connectivity index (χ1n) is 7.08. The Morgan fingerprint density at radius 1 is 1.42 bits per heavy atom. The van der Waals surface area contributed by atoms with Gasteiger partial charge in [-0.15, -0.1) is 0 Å². The Labute approximate surface area is 116 Å². The van der Waals surface area contributed by atoms with E-state index in [-0.39, 0.29) is 5.54 Å². The predicted molar refractivity (Wildman–Crippen MR) is 78.8 cm³/mol. The maximum absolute atomic E-state index is 5.92. The second-order valence-corrected chi connectivity index (χ2v) is 6.13. The minimum absolute atomic E-state index is 0.190. The minimum Gasteiger partial charge on any atom is -0.329 e. The molecule has 1 unspecified atom stereocenters. The van der Waals surface area contributed by atoms with Crippen molar-refractivity contribution >= 4 is 0 Å². The molecule has 4 nitrogen and oxygen atoms in total. The van der Waals surface area contributed by atoms with Gasteiger partial charge in [-0.3, -0.25) is 9.88 Å². The van der Waals surface area contributed by atoms with E-state index >= 15 is 0 Å². The number of hydrogen-bond donors (Lipinski definition) is 1. The Morgan fingerprint density at radius 3 is 2.84 bits per heavy atom. The van der Waals surface area contributed by atoms with Gasteiger partial charge in [0.1, 0.15) is 0 Å². The monoisotopic (exact) mass is 262 g/mol. The number of rotatable bonds is 3. The van der Waals surface area contributed by atoms with Gasteiger partial charge in [0.2, 0.25) is 0 Å². The van der Waals surface area contributed by atoms with E-state index in [0.29, 0.717) is 12.6 Å². The quantitative estimate of drug-likeness (QED) is 0.892. The summed E-state index contributed by atoms with van der Waals surface area (Å²) >= 11 is 0. The first kappa shape index (κ1) is 14.4. The molecule has 0 aliphatic carbocycles. The van der Waals surface area contributed by atoms with Crippen LogP contribution >= 0.6 is 0 Å². The molecule has 1 saturated heterocycles.